The lowest BCUT2D eigenvalue weighted by atomic mass is 9.93. The van der Waals surface area contributed by atoms with Crippen LogP contribution >= 0.6 is 11.6 Å². The van der Waals surface area contributed by atoms with Gasteiger partial charge in [0.1, 0.15) is 18.0 Å². The molecule has 8 heteroatoms. The van der Waals surface area contributed by atoms with Crippen molar-refractivity contribution in [1.82, 2.24) is 15.3 Å². The summed E-state index contributed by atoms with van der Waals surface area (Å²) in [5, 5.41) is 7.40. The molecule has 1 saturated heterocycles. The number of nitrogens with one attached hydrogen (secondary N) is 2. The van der Waals surface area contributed by atoms with Crippen molar-refractivity contribution in [1.29, 1.82) is 0 Å². The number of piperidine rings is 1. The van der Waals surface area contributed by atoms with Gasteiger partial charge in [0.2, 0.25) is 0 Å². The molecule has 1 aliphatic heterocycles. The summed E-state index contributed by atoms with van der Waals surface area (Å²) in [6.45, 7) is 2.84. The molecule has 1 aromatic heterocycles. The topological polar surface area (TPSA) is 68.3 Å². The van der Waals surface area contributed by atoms with Crippen LogP contribution in [0.25, 0.3) is 10.9 Å². The van der Waals surface area contributed by atoms with Gasteiger partial charge in [-0.05, 0) is 69.0 Å². The number of hydrogen-bond donors (Lipinski definition) is 2. The standard InChI is InChI=1S/C23H26ClFN4O2/c1-30-21-13-20-17(12-22(21)31-10-2-3-15-6-8-26-9-7-15)23(28-14-27-20)29-16-4-5-19(25)18(24)11-16/h4-5,11-15,26H,2-3,6-10H2,1H3,(H,27,28,29). The first-order valence-corrected chi connectivity index (χ1v) is 10.9. The molecule has 0 amide bonds. The van der Waals surface area contributed by atoms with E-state index in [2.05, 4.69) is 20.6 Å². The van der Waals surface area contributed by atoms with Crippen molar-refractivity contribution in [3.05, 3.63) is 47.5 Å². The van der Waals surface area contributed by atoms with Crippen LogP contribution in [0.3, 0.4) is 0 Å². The maximum absolute atomic E-state index is 13.5. The summed E-state index contributed by atoms with van der Waals surface area (Å²) in [5.41, 5.74) is 1.34. The van der Waals surface area contributed by atoms with E-state index in [1.165, 1.54) is 37.7 Å². The Balaban J connectivity index is 1.51. The predicted octanol–water partition coefficient (Wildman–Crippen LogP) is 5.33. The zero-order chi connectivity index (χ0) is 21.6. The Labute approximate surface area is 186 Å². The van der Waals surface area contributed by atoms with Gasteiger partial charge in [-0.3, -0.25) is 0 Å². The van der Waals surface area contributed by atoms with Crippen LogP contribution in [0, 0.1) is 11.7 Å². The molecule has 0 aliphatic carbocycles. The Bertz CT molecular complexity index is 1040. The summed E-state index contributed by atoms with van der Waals surface area (Å²) in [4.78, 5) is 8.69. The van der Waals surface area contributed by atoms with Crippen molar-refractivity contribution in [3.8, 4) is 11.5 Å². The van der Waals surface area contributed by atoms with Gasteiger partial charge in [-0.25, -0.2) is 14.4 Å². The van der Waals surface area contributed by atoms with Crippen LogP contribution in [0.15, 0.2) is 36.7 Å². The Kier molecular flexibility index (Phi) is 7.04. The first-order chi connectivity index (χ1) is 15.1. The van der Waals surface area contributed by atoms with Crippen LogP contribution in [0.1, 0.15) is 25.7 Å². The van der Waals surface area contributed by atoms with Gasteiger partial charge in [-0.1, -0.05) is 11.6 Å². The monoisotopic (exact) mass is 444 g/mol. The van der Waals surface area contributed by atoms with E-state index in [1.54, 1.807) is 13.2 Å². The second-order valence-corrected chi connectivity index (χ2v) is 8.09. The molecule has 2 N–H and O–H groups in total. The Hall–Kier alpha value is -2.64. The first-order valence-electron chi connectivity index (χ1n) is 10.5. The molecule has 31 heavy (non-hydrogen) atoms. The number of anilines is 2. The number of fused-ring (bicyclic) bond motifs is 1. The third-order valence-electron chi connectivity index (χ3n) is 5.58. The molecule has 0 saturated carbocycles. The number of ether oxygens (including phenoxy) is 2. The average molecular weight is 445 g/mol. The fourth-order valence-electron chi connectivity index (χ4n) is 3.87. The maximum atomic E-state index is 13.5. The van der Waals surface area contributed by atoms with E-state index in [0.717, 1.165) is 30.8 Å². The molecule has 0 radical (unpaired) electrons. The normalized spacial score (nSPS) is 14.5. The highest BCUT2D eigenvalue weighted by molar-refractivity contribution is 6.31. The van der Waals surface area contributed by atoms with E-state index < -0.39 is 5.82 Å². The van der Waals surface area contributed by atoms with Gasteiger partial charge >= 0.3 is 0 Å². The molecule has 6 nitrogen and oxygen atoms in total. The van der Waals surface area contributed by atoms with Gasteiger partial charge in [0, 0.05) is 17.1 Å². The van der Waals surface area contributed by atoms with E-state index in [-0.39, 0.29) is 5.02 Å². The van der Waals surface area contributed by atoms with Gasteiger partial charge in [0.05, 0.1) is 24.3 Å². The molecule has 1 fully saturated rings. The summed E-state index contributed by atoms with van der Waals surface area (Å²) in [6.07, 6.45) is 6.10. The maximum Gasteiger partial charge on any atom is 0.162 e. The minimum absolute atomic E-state index is 0.0443. The quantitative estimate of drug-likeness (QED) is 0.457. The zero-order valence-corrected chi connectivity index (χ0v) is 18.2. The molecule has 3 aromatic rings. The summed E-state index contributed by atoms with van der Waals surface area (Å²) in [5.74, 6) is 2.16. The minimum Gasteiger partial charge on any atom is -0.493 e. The third-order valence-corrected chi connectivity index (χ3v) is 5.87. The largest absolute Gasteiger partial charge is 0.493 e. The summed E-state index contributed by atoms with van der Waals surface area (Å²) >= 11 is 5.90. The summed E-state index contributed by atoms with van der Waals surface area (Å²) in [7, 11) is 1.61. The lowest BCUT2D eigenvalue weighted by Gasteiger charge is -2.22. The lowest BCUT2D eigenvalue weighted by molar-refractivity contribution is 0.263. The molecule has 0 unspecified atom stereocenters. The van der Waals surface area contributed by atoms with Crippen LogP contribution < -0.4 is 20.1 Å². The minimum atomic E-state index is -0.468. The highest BCUT2D eigenvalue weighted by Crippen LogP contribution is 2.35. The molecule has 1 aliphatic rings. The summed E-state index contributed by atoms with van der Waals surface area (Å²) < 4.78 is 25.1. The molecule has 164 valence electrons. The second-order valence-electron chi connectivity index (χ2n) is 7.68. The van der Waals surface area contributed by atoms with E-state index in [4.69, 9.17) is 21.1 Å². The number of nitrogens with zero attached hydrogens (tertiary/aromatic N) is 2. The van der Waals surface area contributed by atoms with Gasteiger partial charge < -0.3 is 20.1 Å². The fourth-order valence-corrected chi connectivity index (χ4v) is 4.05. The van der Waals surface area contributed by atoms with Gasteiger partial charge in [-0.2, -0.15) is 0 Å². The highest BCUT2D eigenvalue weighted by atomic mass is 35.5. The van der Waals surface area contributed by atoms with Crippen molar-refractivity contribution in [2.24, 2.45) is 5.92 Å². The number of rotatable bonds is 8. The Morgan fingerprint density at radius 2 is 2.00 bits per heavy atom. The van der Waals surface area contributed by atoms with Gasteiger partial charge in [0.15, 0.2) is 11.5 Å². The van der Waals surface area contributed by atoms with Crippen LogP contribution in [-0.2, 0) is 0 Å². The average Bonchev–Trinajstić information content (AvgIpc) is 2.79. The molecule has 2 aromatic carbocycles. The Morgan fingerprint density at radius 1 is 1.16 bits per heavy atom. The number of methoxy groups -OCH3 is 1. The molecule has 4 rings (SSSR count). The fraction of sp³-hybridized carbons (Fsp3) is 0.391. The number of aromatic nitrogens is 2. The number of hydrogen-bond acceptors (Lipinski definition) is 6. The summed E-state index contributed by atoms with van der Waals surface area (Å²) in [6, 6.07) is 8.16. The third kappa shape index (κ3) is 5.35. The molecule has 0 bridgehead atoms. The van der Waals surface area contributed by atoms with Crippen molar-refractivity contribution in [2.75, 3.05) is 32.1 Å². The van der Waals surface area contributed by atoms with Crippen molar-refractivity contribution >= 4 is 34.0 Å². The number of benzene rings is 2. The smallest absolute Gasteiger partial charge is 0.162 e. The highest BCUT2D eigenvalue weighted by Gasteiger charge is 2.14. The molecule has 0 spiro atoms. The van der Waals surface area contributed by atoms with E-state index in [0.29, 0.717) is 35.1 Å². The van der Waals surface area contributed by atoms with Gasteiger partial charge in [0.25, 0.3) is 0 Å². The van der Waals surface area contributed by atoms with Gasteiger partial charge in [-0.15, -0.1) is 0 Å². The molecular weight excluding hydrogens is 419 g/mol. The first kappa shape index (κ1) is 21.6. The zero-order valence-electron chi connectivity index (χ0n) is 17.5. The lowest BCUT2D eigenvalue weighted by Crippen LogP contribution is -2.27. The Morgan fingerprint density at radius 3 is 2.77 bits per heavy atom. The SMILES string of the molecule is COc1cc2ncnc(Nc3ccc(F)c(Cl)c3)c2cc1OCCCC1CCNCC1. The van der Waals surface area contributed by atoms with E-state index in [9.17, 15) is 4.39 Å². The van der Waals surface area contributed by atoms with Crippen LogP contribution in [0.2, 0.25) is 5.02 Å². The van der Waals surface area contributed by atoms with E-state index in [1.807, 2.05) is 12.1 Å². The van der Waals surface area contributed by atoms with Crippen molar-refractivity contribution in [3.63, 3.8) is 0 Å². The van der Waals surface area contributed by atoms with E-state index >= 15 is 0 Å². The predicted molar refractivity (Wildman–Crippen MR) is 121 cm³/mol. The molecule has 0 atom stereocenters. The molecule has 2 heterocycles. The van der Waals surface area contributed by atoms with Crippen molar-refractivity contribution in [2.45, 2.75) is 25.7 Å². The van der Waals surface area contributed by atoms with Crippen LogP contribution in [-0.4, -0.2) is 36.8 Å². The van der Waals surface area contributed by atoms with Crippen molar-refractivity contribution < 1.29 is 13.9 Å². The second kappa shape index (κ2) is 10.1. The molecular formula is C23H26ClFN4O2. The number of halogens is 2. The van der Waals surface area contributed by atoms with Crippen LogP contribution in [0.4, 0.5) is 15.9 Å². The van der Waals surface area contributed by atoms with Crippen LogP contribution in [0.5, 0.6) is 11.5 Å².